The van der Waals surface area contributed by atoms with Crippen molar-refractivity contribution in [2.24, 2.45) is 0 Å². The van der Waals surface area contributed by atoms with Gasteiger partial charge in [0.15, 0.2) is 0 Å². The molecule has 3 nitrogen and oxygen atoms in total. The number of hydrogen-bond acceptors (Lipinski definition) is 3. The van der Waals surface area contributed by atoms with Crippen LogP contribution in [0.2, 0.25) is 0 Å². The highest BCUT2D eigenvalue weighted by Crippen LogP contribution is 2.24. The second kappa shape index (κ2) is 5.45. The minimum atomic E-state index is -0.449. The summed E-state index contributed by atoms with van der Waals surface area (Å²) < 4.78 is 14.1. The number of nitriles is 1. The second-order valence-corrected chi connectivity index (χ2v) is 5.24. The molecule has 19 heavy (non-hydrogen) atoms. The Morgan fingerprint density at radius 1 is 1.21 bits per heavy atom. The molecule has 0 amide bonds. The molecule has 0 saturated heterocycles. The van der Waals surface area contributed by atoms with Crippen LogP contribution in [0, 0.1) is 17.1 Å². The highest BCUT2D eigenvalue weighted by molar-refractivity contribution is 9.10. The Bertz CT molecular complexity index is 662. The van der Waals surface area contributed by atoms with Crippen molar-refractivity contribution in [2.75, 3.05) is 0 Å². The molecule has 0 N–H and O–H groups in total. The maximum atomic E-state index is 13.5. The summed E-state index contributed by atoms with van der Waals surface area (Å²) in [7, 11) is 0. The van der Waals surface area contributed by atoms with Gasteiger partial charge in [0.25, 0.3) is 0 Å². The van der Waals surface area contributed by atoms with Gasteiger partial charge in [-0.2, -0.15) is 5.26 Å². The average molecular weight is 320 g/mol. The van der Waals surface area contributed by atoms with Crippen LogP contribution in [0.15, 0.2) is 28.9 Å². The van der Waals surface area contributed by atoms with Gasteiger partial charge in [-0.3, -0.25) is 0 Å². The highest BCUT2D eigenvalue weighted by Gasteiger charge is 2.10. The van der Waals surface area contributed by atoms with Crippen molar-refractivity contribution < 1.29 is 4.39 Å². The molecule has 0 saturated carbocycles. The van der Waals surface area contributed by atoms with E-state index in [0.717, 1.165) is 0 Å². The minimum Gasteiger partial charge on any atom is -0.233 e. The normalized spacial score (nSPS) is 10.5. The number of hydrogen-bond donors (Lipinski definition) is 0. The van der Waals surface area contributed by atoms with Crippen molar-refractivity contribution in [1.82, 2.24) is 9.97 Å². The van der Waals surface area contributed by atoms with Gasteiger partial charge in [-0.1, -0.05) is 13.8 Å². The summed E-state index contributed by atoms with van der Waals surface area (Å²) in [5.41, 5.74) is 1.44. The summed E-state index contributed by atoms with van der Waals surface area (Å²) in [6.45, 7) is 3.97. The first kappa shape index (κ1) is 13.6. The number of rotatable bonds is 2. The average Bonchev–Trinajstić information content (AvgIpc) is 2.37. The predicted molar refractivity (Wildman–Crippen MR) is 73.9 cm³/mol. The smallest absolute Gasteiger partial charge is 0.132 e. The Morgan fingerprint density at radius 2 is 1.95 bits per heavy atom. The number of halogens is 2. The standard InChI is InChI=1S/C14H11BrFN3/c1-8(2)14-18-12(6-13(15)19-14)10-3-9(7-17)4-11(16)5-10/h3-6,8H,1-2H3. The van der Waals surface area contributed by atoms with E-state index in [1.54, 1.807) is 12.1 Å². The molecule has 2 aromatic rings. The van der Waals surface area contributed by atoms with Crippen molar-refractivity contribution in [3.05, 3.63) is 46.1 Å². The van der Waals surface area contributed by atoms with Crippen LogP contribution in [-0.2, 0) is 0 Å². The molecular weight excluding hydrogens is 309 g/mol. The molecule has 0 radical (unpaired) electrons. The Hall–Kier alpha value is -1.80. The Kier molecular flexibility index (Phi) is 3.91. The van der Waals surface area contributed by atoms with E-state index in [1.807, 2.05) is 19.9 Å². The zero-order valence-electron chi connectivity index (χ0n) is 10.5. The Balaban J connectivity index is 2.59. The van der Waals surface area contributed by atoms with Crippen LogP contribution >= 0.6 is 15.9 Å². The van der Waals surface area contributed by atoms with Crippen molar-refractivity contribution in [1.29, 1.82) is 5.26 Å². The maximum Gasteiger partial charge on any atom is 0.132 e. The number of benzene rings is 1. The molecular formula is C14H11BrFN3. The van der Waals surface area contributed by atoms with Gasteiger partial charge in [-0.25, -0.2) is 14.4 Å². The van der Waals surface area contributed by atoms with Crippen LogP contribution < -0.4 is 0 Å². The van der Waals surface area contributed by atoms with Crippen LogP contribution in [0.5, 0.6) is 0 Å². The first-order valence-corrected chi connectivity index (χ1v) is 6.54. The van der Waals surface area contributed by atoms with E-state index in [4.69, 9.17) is 5.26 Å². The largest absolute Gasteiger partial charge is 0.233 e. The molecule has 1 aromatic carbocycles. The molecule has 1 heterocycles. The van der Waals surface area contributed by atoms with E-state index in [-0.39, 0.29) is 11.5 Å². The topological polar surface area (TPSA) is 49.6 Å². The molecule has 0 aliphatic carbocycles. The zero-order chi connectivity index (χ0) is 14.0. The molecule has 0 bridgehead atoms. The molecule has 0 aliphatic heterocycles. The van der Waals surface area contributed by atoms with Crippen LogP contribution in [0.4, 0.5) is 4.39 Å². The fourth-order valence-corrected chi connectivity index (χ4v) is 2.04. The van der Waals surface area contributed by atoms with Crippen LogP contribution in [-0.4, -0.2) is 9.97 Å². The third-order valence-electron chi connectivity index (χ3n) is 2.55. The molecule has 1 aromatic heterocycles. The third kappa shape index (κ3) is 3.15. The lowest BCUT2D eigenvalue weighted by Crippen LogP contribution is -2.00. The molecule has 96 valence electrons. The molecule has 0 unspecified atom stereocenters. The van der Waals surface area contributed by atoms with E-state index in [9.17, 15) is 4.39 Å². The van der Waals surface area contributed by atoms with E-state index in [1.165, 1.54) is 12.1 Å². The van der Waals surface area contributed by atoms with E-state index >= 15 is 0 Å². The molecule has 0 atom stereocenters. The number of nitrogens with zero attached hydrogens (tertiary/aromatic N) is 3. The summed E-state index contributed by atoms with van der Waals surface area (Å²) in [5.74, 6) is 0.391. The van der Waals surface area contributed by atoms with E-state index < -0.39 is 5.82 Å². The van der Waals surface area contributed by atoms with Crippen LogP contribution in [0.1, 0.15) is 31.2 Å². The summed E-state index contributed by atoms with van der Waals surface area (Å²) in [6, 6.07) is 7.82. The van der Waals surface area contributed by atoms with Gasteiger partial charge >= 0.3 is 0 Å². The van der Waals surface area contributed by atoms with Crippen molar-refractivity contribution in [3.63, 3.8) is 0 Å². The van der Waals surface area contributed by atoms with Gasteiger partial charge in [0.2, 0.25) is 0 Å². The zero-order valence-corrected chi connectivity index (χ0v) is 12.1. The lowest BCUT2D eigenvalue weighted by molar-refractivity contribution is 0.627. The lowest BCUT2D eigenvalue weighted by Gasteiger charge is -2.08. The summed E-state index contributed by atoms with van der Waals surface area (Å²) >= 11 is 3.32. The quantitative estimate of drug-likeness (QED) is 0.785. The molecule has 0 spiro atoms. The highest BCUT2D eigenvalue weighted by atomic mass is 79.9. The molecule has 0 fully saturated rings. The monoisotopic (exact) mass is 319 g/mol. The van der Waals surface area contributed by atoms with E-state index in [0.29, 0.717) is 21.7 Å². The first-order valence-electron chi connectivity index (χ1n) is 5.75. The lowest BCUT2D eigenvalue weighted by atomic mass is 10.1. The second-order valence-electron chi connectivity index (χ2n) is 4.43. The first-order chi connectivity index (χ1) is 8.99. The molecule has 2 rings (SSSR count). The van der Waals surface area contributed by atoms with Crippen LogP contribution in [0.3, 0.4) is 0 Å². The van der Waals surface area contributed by atoms with Gasteiger partial charge in [-0.15, -0.1) is 0 Å². The SMILES string of the molecule is CC(C)c1nc(Br)cc(-c2cc(F)cc(C#N)c2)n1. The summed E-state index contributed by atoms with van der Waals surface area (Å²) in [5, 5.41) is 8.87. The molecule has 0 aliphatic rings. The summed E-state index contributed by atoms with van der Waals surface area (Å²) in [4.78, 5) is 8.67. The van der Waals surface area contributed by atoms with Gasteiger partial charge in [0.05, 0.1) is 17.3 Å². The molecule has 5 heteroatoms. The Morgan fingerprint density at radius 3 is 2.58 bits per heavy atom. The van der Waals surface area contributed by atoms with E-state index in [2.05, 4.69) is 25.9 Å². The van der Waals surface area contributed by atoms with Crippen molar-refractivity contribution in [3.8, 4) is 17.3 Å². The number of aromatic nitrogens is 2. The third-order valence-corrected chi connectivity index (χ3v) is 2.96. The maximum absolute atomic E-state index is 13.5. The fourth-order valence-electron chi connectivity index (χ4n) is 1.64. The van der Waals surface area contributed by atoms with Gasteiger partial charge in [0.1, 0.15) is 16.2 Å². The van der Waals surface area contributed by atoms with Gasteiger partial charge in [-0.05, 0) is 40.2 Å². The van der Waals surface area contributed by atoms with Crippen molar-refractivity contribution in [2.45, 2.75) is 19.8 Å². The fraction of sp³-hybridized carbons (Fsp3) is 0.214. The minimum absolute atomic E-state index is 0.167. The Labute approximate surface area is 119 Å². The van der Waals surface area contributed by atoms with Gasteiger partial charge in [0, 0.05) is 11.5 Å². The van der Waals surface area contributed by atoms with Crippen molar-refractivity contribution >= 4 is 15.9 Å². The summed E-state index contributed by atoms with van der Waals surface area (Å²) in [6.07, 6.45) is 0. The van der Waals surface area contributed by atoms with Gasteiger partial charge < -0.3 is 0 Å². The van der Waals surface area contributed by atoms with Crippen LogP contribution in [0.25, 0.3) is 11.3 Å². The predicted octanol–water partition coefficient (Wildman–Crippen LogP) is 4.04.